The molecule has 3 aromatic rings. The predicted molar refractivity (Wildman–Crippen MR) is 109 cm³/mol. The molecule has 1 unspecified atom stereocenters. The van der Waals surface area contributed by atoms with Crippen molar-refractivity contribution in [3.8, 4) is 17.1 Å². The minimum atomic E-state index is -0.291. The van der Waals surface area contributed by atoms with Crippen LogP contribution in [0.15, 0.2) is 60.1 Å². The third kappa shape index (κ3) is 3.08. The second-order valence-electron chi connectivity index (χ2n) is 7.14. The zero-order chi connectivity index (χ0) is 19.8. The van der Waals surface area contributed by atoms with Gasteiger partial charge in [-0.15, -0.1) is 5.10 Å². The Morgan fingerprint density at radius 2 is 1.93 bits per heavy atom. The number of aromatic nitrogens is 4. The number of Topliss-reactive ketones (excluding diaryl/α,β-unsaturated/α-hetero) is 1. The van der Waals surface area contributed by atoms with Gasteiger partial charge in [0.1, 0.15) is 11.8 Å². The molecule has 1 aromatic carbocycles. The van der Waals surface area contributed by atoms with E-state index in [9.17, 15) is 4.79 Å². The van der Waals surface area contributed by atoms with Crippen molar-refractivity contribution in [3.63, 3.8) is 0 Å². The van der Waals surface area contributed by atoms with Crippen molar-refractivity contribution in [1.29, 1.82) is 0 Å². The number of anilines is 1. The summed E-state index contributed by atoms with van der Waals surface area (Å²) in [7, 11) is 0. The Morgan fingerprint density at radius 1 is 1.14 bits per heavy atom. The second kappa shape index (κ2) is 7.16. The molecule has 0 radical (unpaired) electrons. The number of carbonyl (C=O) groups is 1. The Bertz CT molecular complexity index is 1090. The summed E-state index contributed by atoms with van der Waals surface area (Å²) in [6.45, 7) is 2.58. The van der Waals surface area contributed by atoms with Crippen molar-refractivity contribution in [1.82, 2.24) is 19.7 Å². The number of nitrogens with zero attached hydrogens (tertiary/aromatic N) is 4. The molecule has 0 saturated heterocycles. The largest absolute Gasteiger partial charge is 0.494 e. The lowest BCUT2D eigenvalue weighted by Crippen LogP contribution is -2.31. The molecule has 5 rings (SSSR count). The fourth-order valence-corrected chi connectivity index (χ4v) is 4.00. The molecule has 2 aliphatic rings. The molecule has 1 atom stereocenters. The van der Waals surface area contributed by atoms with Gasteiger partial charge < -0.3 is 10.1 Å². The molecule has 3 heterocycles. The average molecular weight is 387 g/mol. The van der Waals surface area contributed by atoms with Crippen LogP contribution in [0.1, 0.15) is 37.8 Å². The number of nitrogens with one attached hydrogen (secondary N) is 1. The standard InChI is InChI=1S/C22H21N5O2/c1-2-29-16-8-6-15(7-9-16)21-25-22-24-17-4-3-5-18(28)19(17)20(27(22)26-21)14-10-12-23-13-11-14/h6-13,20H,2-5H2,1H3,(H,24,25,26). The smallest absolute Gasteiger partial charge is 0.226 e. The lowest BCUT2D eigenvalue weighted by atomic mass is 9.86. The molecule has 7 heteroatoms. The number of carbonyl (C=O) groups excluding carboxylic acids is 1. The van der Waals surface area contributed by atoms with Crippen molar-refractivity contribution in [2.24, 2.45) is 0 Å². The summed E-state index contributed by atoms with van der Waals surface area (Å²) in [4.78, 5) is 21.7. The van der Waals surface area contributed by atoms with Crippen LogP contribution in [0.5, 0.6) is 5.75 Å². The van der Waals surface area contributed by atoms with E-state index in [4.69, 9.17) is 14.8 Å². The van der Waals surface area contributed by atoms with Crippen LogP contribution < -0.4 is 10.1 Å². The topological polar surface area (TPSA) is 81.9 Å². The van der Waals surface area contributed by atoms with Crippen molar-refractivity contribution in [2.45, 2.75) is 32.2 Å². The Kier molecular flexibility index (Phi) is 4.35. The Labute approximate surface area is 168 Å². The number of ether oxygens (including phenoxy) is 1. The van der Waals surface area contributed by atoms with Gasteiger partial charge in [0.05, 0.1) is 6.61 Å². The van der Waals surface area contributed by atoms with Gasteiger partial charge in [-0.2, -0.15) is 4.98 Å². The minimum absolute atomic E-state index is 0.171. The van der Waals surface area contributed by atoms with E-state index in [1.807, 2.05) is 48.0 Å². The minimum Gasteiger partial charge on any atom is -0.494 e. The number of fused-ring (bicyclic) bond motifs is 1. The fraction of sp³-hybridized carbons (Fsp3) is 0.273. The summed E-state index contributed by atoms with van der Waals surface area (Å²) in [5.74, 6) is 2.26. The first-order valence-electron chi connectivity index (χ1n) is 9.87. The van der Waals surface area contributed by atoms with E-state index in [-0.39, 0.29) is 11.8 Å². The molecular formula is C22H21N5O2. The van der Waals surface area contributed by atoms with Gasteiger partial charge in [-0.25, -0.2) is 4.68 Å². The van der Waals surface area contributed by atoms with Gasteiger partial charge in [-0.1, -0.05) is 0 Å². The molecule has 0 fully saturated rings. The highest BCUT2D eigenvalue weighted by Gasteiger charge is 2.36. The Morgan fingerprint density at radius 3 is 2.69 bits per heavy atom. The maximum Gasteiger partial charge on any atom is 0.226 e. The molecule has 1 aliphatic carbocycles. The summed E-state index contributed by atoms with van der Waals surface area (Å²) in [5, 5.41) is 8.13. The van der Waals surface area contributed by atoms with Gasteiger partial charge in [0.15, 0.2) is 11.6 Å². The zero-order valence-corrected chi connectivity index (χ0v) is 16.1. The van der Waals surface area contributed by atoms with Crippen LogP contribution in [0.2, 0.25) is 0 Å². The predicted octanol–water partition coefficient (Wildman–Crippen LogP) is 3.76. The molecule has 146 valence electrons. The van der Waals surface area contributed by atoms with Crippen molar-refractivity contribution in [2.75, 3.05) is 11.9 Å². The second-order valence-corrected chi connectivity index (χ2v) is 7.14. The van der Waals surface area contributed by atoms with Crippen LogP contribution >= 0.6 is 0 Å². The number of benzene rings is 1. The number of pyridine rings is 1. The van der Waals surface area contributed by atoms with Crippen LogP contribution in [-0.4, -0.2) is 32.1 Å². The monoisotopic (exact) mass is 387 g/mol. The van der Waals surface area contributed by atoms with Gasteiger partial charge in [0, 0.05) is 35.6 Å². The molecule has 29 heavy (non-hydrogen) atoms. The Hall–Kier alpha value is -3.48. The van der Waals surface area contributed by atoms with Crippen molar-refractivity contribution < 1.29 is 9.53 Å². The van der Waals surface area contributed by atoms with Crippen molar-refractivity contribution in [3.05, 3.63) is 65.6 Å². The van der Waals surface area contributed by atoms with Crippen LogP contribution in [0.3, 0.4) is 0 Å². The summed E-state index contributed by atoms with van der Waals surface area (Å²) < 4.78 is 7.34. The SMILES string of the molecule is CCOc1ccc(-c2nc3n(n2)C(c2ccncc2)C2=C(CCCC2=O)N3)cc1. The maximum absolute atomic E-state index is 12.8. The highest BCUT2D eigenvalue weighted by Crippen LogP contribution is 2.40. The highest BCUT2D eigenvalue weighted by atomic mass is 16.5. The lowest BCUT2D eigenvalue weighted by molar-refractivity contribution is -0.116. The first-order valence-corrected chi connectivity index (χ1v) is 9.87. The number of hydrogen-bond donors (Lipinski definition) is 1. The third-order valence-electron chi connectivity index (χ3n) is 5.31. The van der Waals surface area contributed by atoms with Gasteiger partial charge in [0.2, 0.25) is 5.95 Å². The van der Waals surface area contributed by atoms with Gasteiger partial charge in [-0.3, -0.25) is 9.78 Å². The average Bonchev–Trinajstić information content (AvgIpc) is 3.17. The summed E-state index contributed by atoms with van der Waals surface area (Å²) in [6.07, 6.45) is 5.75. The quantitative estimate of drug-likeness (QED) is 0.734. The molecular weight excluding hydrogens is 366 g/mol. The number of rotatable bonds is 4. The van der Waals surface area contributed by atoms with E-state index in [1.54, 1.807) is 12.4 Å². The van der Waals surface area contributed by atoms with Gasteiger partial charge >= 0.3 is 0 Å². The Balaban J connectivity index is 1.59. The molecule has 0 amide bonds. The van der Waals surface area contributed by atoms with Crippen LogP contribution in [0.25, 0.3) is 11.4 Å². The molecule has 2 aromatic heterocycles. The highest BCUT2D eigenvalue weighted by molar-refractivity contribution is 5.99. The molecule has 0 spiro atoms. The first-order chi connectivity index (χ1) is 14.2. The molecule has 1 aliphatic heterocycles. The number of hydrogen-bond acceptors (Lipinski definition) is 6. The summed E-state index contributed by atoms with van der Waals surface area (Å²) in [6, 6.07) is 11.3. The summed E-state index contributed by atoms with van der Waals surface area (Å²) >= 11 is 0. The van der Waals surface area contributed by atoms with E-state index in [0.29, 0.717) is 24.8 Å². The van der Waals surface area contributed by atoms with E-state index in [0.717, 1.165) is 41.0 Å². The number of allylic oxidation sites excluding steroid dienone is 2. The van der Waals surface area contributed by atoms with E-state index >= 15 is 0 Å². The normalized spacial score (nSPS) is 18.1. The van der Waals surface area contributed by atoms with Crippen LogP contribution in [0.4, 0.5) is 5.95 Å². The van der Waals surface area contributed by atoms with Crippen molar-refractivity contribution >= 4 is 11.7 Å². The zero-order valence-electron chi connectivity index (χ0n) is 16.1. The van der Waals surface area contributed by atoms with Crippen LogP contribution in [-0.2, 0) is 4.79 Å². The van der Waals surface area contributed by atoms with E-state index in [1.165, 1.54) is 0 Å². The number of ketones is 1. The fourth-order valence-electron chi connectivity index (χ4n) is 4.00. The van der Waals surface area contributed by atoms with E-state index < -0.39 is 0 Å². The maximum atomic E-state index is 12.8. The summed E-state index contributed by atoms with van der Waals surface area (Å²) in [5.41, 5.74) is 3.63. The molecule has 7 nitrogen and oxygen atoms in total. The third-order valence-corrected chi connectivity index (χ3v) is 5.31. The molecule has 1 N–H and O–H groups in total. The van der Waals surface area contributed by atoms with Gasteiger partial charge in [0.25, 0.3) is 0 Å². The van der Waals surface area contributed by atoms with E-state index in [2.05, 4.69) is 10.3 Å². The molecule has 0 saturated carbocycles. The van der Waals surface area contributed by atoms with Crippen LogP contribution in [0, 0.1) is 0 Å². The first kappa shape index (κ1) is 17.6. The molecule has 0 bridgehead atoms. The van der Waals surface area contributed by atoms with Gasteiger partial charge in [-0.05, 0) is 61.7 Å². The lowest BCUT2D eigenvalue weighted by Gasteiger charge is -2.32.